The fourth-order valence-corrected chi connectivity index (χ4v) is 3.94. The molecular weight excluding hydrogens is 340 g/mol. The van der Waals surface area contributed by atoms with Gasteiger partial charge in [-0.1, -0.05) is 18.6 Å². The molecule has 0 amide bonds. The Morgan fingerprint density at radius 3 is 2.96 bits per heavy atom. The Morgan fingerprint density at radius 1 is 1.19 bits per heavy atom. The molecule has 0 radical (unpaired) electrons. The maximum Gasteiger partial charge on any atom is 0.215 e. The summed E-state index contributed by atoms with van der Waals surface area (Å²) in [5.41, 5.74) is 1.35. The van der Waals surface area contributed by atoms with Gasteiger partial charge in [-0.2, -0.15) is 10.1 Å². The van der Waals surface area contributed by atoms with Crippen molar-refractivity contribution in [3.63, 3.8) is 0 Å². The van der Waals surface area contributed by atoms with E-state index in [0.717, 1.165) is 69.2 Å². The largest absolute Gasteiger partial charge is 0.473 e. The molecule has 2 aliphatic rings. The summed E-state index contributed by atoms with van der Waals surface area (Å²) >= 11 is 0. The van der Waals surface area contributed by atoms with E-state index in [2.05, 4.69) is 27.6 Å². The first-order valence-corrected chi connectivity index (χ1v) is 10.2. The maximum atomic E-state index is 13.0. The van der Waals surface area contributed by atoms with Gasteiger partial charge in [0.1, 0.15) is 12.3 Å². The second kappa shape index (κ2) is 8.65. The Bertz CT molecular complexity index is 821. The summed E-state index contributed by atoms with van der Waals surface area (Å²) in [4.78, 5) is 17.6. The molecule has 2 aromatic heterocycles. The highest BCUT2D eigenvalue weighted by atomic mass is 16.5. The number of fused-ring (bicyclic) bond motifs is 1. The number of rotatable bonds is 3. The molecule has 1 N–H and O–H groups in total. The van der Waals surface area contributed by atoms with E-state index >= 15 is 0 Å². The molecule has 4 heterocycles. The molecule has 0 atom stereocenters. The van der Waals surface area contributed by atoms with E-state index in [1.165, 1.54) is 0 Å². The van der Waals surface area contributed by atoms with Crippen molar-refractivity contribution >= 4 is 16.8 Å². The van der Waals surface area contributed by atoms with Crippen LogP contribution in [0, 0.1) is 5.92 Å². The fourth-order valence-electron chi connectivity index (χ4n) is 3.94. The van der Waals surface area contributed by atoms with Gasteiger partial charge in [0.15, 0.2) is 11.4 Å². The van der Waals surface area contributed by atoms with Crippen LogP contribution in [0.15, 0.2) is 24.3 Å². The van der Waals surface area contributed by atoms with E-state index in [-0.39, 0.29) is 5.78 Å². The molecule has 2 aromatic rings. The first-order chi connectivity index (χ1) is 13.3. The van der Waals surface area contributed by atoms with Crippen LogP contribution in [-0.2, 0) is 6.54 Å². The summed E-state index contributed by atoms with van der Waals surface area (Å²) in [6.45, 7) is 3.32. The Kier molecular flexibility index (Phi) is 5.82. The van der Waals surface area contributed by atoms with Gasteiger partial charge in [0.25, 0.3) is 0 Å². The van der Waals surface area contributed by atoms with Crippen LogP contribution in [-0.4, -0.2) is 40.2 Å². The number of piperidine rings is 1. The summed E-state index contributed by atoms with van der Waals surface area (Å²) in [5.74, 6) is 1.19. The van der Waals surface area contributed by atoms with E-state index in [1.54, 1.807) is 0 Å². The minimum absolute atomic E-state index is 0.144. The third-order valence-corrected chi connectivity index (χ3v) is 5.50. The first-order valence-electron chi connectivity index (χ1n) is 10.2. The summed E-state index contributed by atoms with van der Waals surface area (Å²) in [7, 11) is 0. The third kappa shape index (κ3) is 4.38. The van der Waals surface area contributed by atoms with Crippen LogP contribution in [0.2, 0.25) is 0 Å². The number of ketones is 1. The smallest absolute Gasteiger partial charge is 0.215 e. The van der Waals surface area contributed by atoms with Crippen molar-refractivity contribution in [3.8, 4) is 5.88 Å². The lowest BCUT2D eigenvalue weighted by molar-refractivity contribution is 0.0948. The van der Waals surface area contributed by atoms with Gasteiger partial charge in [-0.05, 0) is 57.2 Å². The maximum absolute atomic E-state index is 13.0. The lowest BCUT2D eigenvalue weighted by atomic mass is 9.91. The summed E-state index contributed by atoms with van der Waals surface area (Å²) < 4.78 is 7.65. The topological polar surface area (TPSA) is 69.0 Å². The highest BCUT2D eigenvalue weighted by molar-refractivity contribution is 6.05. The highest BCUT2D eigenvalue weighted by Crippen LogP contribution is 2.25. The number of hydrogen-bond donors (Lipinski definition) is 1. The molecule has 6 nitrogen and oxygen atoms in total. The van der Waals surface area contributed by atoms with Gasteiger partial charge in [0, 0.05) is 19.0 Å². The highest BCUT2D eigenvalue weighted by Gasteiger charge is 2.23. The fraction of sp³-hybridized carbons (Fsp3) is 0.571. The number of Topliss-reactive ketones (excluding diaryl/α,β-unsaturated/α-hetero) is 1. The Hall–Kier alpha value is -2.21. The van der Waals surface area contributed by atoms with E-state index in [9.17, 15) is 4.79 Å². The zero-order valence-electron chi connectivity index (χ0n) is 15.8. The molecule has 0 aliphatic carbocycles. The van der Waals surface area contributed by atoms with Gasteiger partial charge < -0.3 is 10.1 Å². The normalized spacial score (nSPS) is 20.4. The van der Waals surface area contributed by atoms with E-state index < -0.39 is 0 Å². The lowest BCUT2D eigenvalue weighted by Gasteiger charge is -2.21. The number of carbonyl (C=O) groups excluding carboxylic acids is 1. The van der Waals surface area contributed by atoms with Gasteiger partial charge in [0.05, 0.1) is 5.39 Å². The molecule has 1 saturated heterocycles. The van der Waals surface area contributed by atoms with Crippen molar-refractivity contribution in [1.82, 2.24) is 20.1 Å². The molecule has 144 valence electrons. The number of hydrogen-bond acceptors (Lipinski definition) is 5. The van der Waals surface area contributed by atoms with Crippen LogP contribution in [0.3, 0.4) is 0 Å². The number of allylic oxidation sites excluding steroid dienone is 1. The van der Waals surface area contributed by atoms with Crippen molar-refractivity contribution in [1.29, 1.82) is 0 Å². The zero-order valence-corrected chi connectivity index (χ0v) is 15.8. The molecule has 0 saturated carbocycles. The summed E-state index contributed by atoms with van der Waals surface area (Å²) in [6, 6.07) is 3.79. The van der Waals surface area contributed by atoms with Gasteiger partial charge in [-0.3, -0.25) is 4.79 Å². The zero-order chi connectivity index (χ0) is 18.5. The molecular formula is C21H28N4O2. The van der Waals surface area contributed by atoms with Crippen molar-refractivity contribution in [2.45, 2.75) is 51.5 Å². The number of nitrogens with one attached hydrogen (secondary N) is 1. The molecule has 27 heavy (non-hydrogen) atoms. The van der Waals surface area contributed by atoms with Crippen molar-refractivity contribution in [3.05, 3.63) is 30.0 Å². The molecule has 0 aromatic carbocycles. The Morgan fingerprint density at radius 2 is 2.07 bits per heavy atom. The van der Waals surface area contributed by atoms with Crippen LogP contribution in [0.5, 0.6) is 5.88 Å². The van der Waals surface area contributed by atoms with E-state index in [1.807, 2.05) is 16.8 Å². The molecule has 6 heteroatoms. The third-order valence-electron chi connectivity index (χ3n) is 5.50. The number of nitrogens with zero attached hydrogens (tertiary/aromatic N) is 3. The number of ether oxygens (including phenoxy) is 1. The van der Waals surface area contributed by atoms with Gasteiger partial charge >= 0.3 is 0 Å². The second-order valence-corrected chi connectivity index (χ2v) is 7.54. The number of aromatic nitrogens is 3. The molecule has 0 spiro atoms. The van der Waals surface area contributed by atoms with Crippen LogP contribution < -0.4 is 10.1 Å². The second-order valence-electron chi connectivity index (χ2n) is 7.54. The number of aryl methyl sites for hydroxylation is 1. The van der Waals surface area contributed by atoms with Crippen molar-refractivity contribution in [2.24, 2.45) is 5.92 Å². The SMILES string of the molecule is O=C(CC1CCNCC1)c1nn2c3nc(ccc13)OC/C=C/CCCCC2. The molecule has 4 rings (SSSR count). The average Bonchev–Trinajstić information content (AvgIpc) is 3.05. The minimum atomic E-state index is 0.144. The predicted octanol–water partition coefficient (Wildman–Crippen LogP) is 3.51. The summed E-state index contributed by atoms with van der Waals surface area (Å²) in [5, 5.41) is 8.90. The predicted molar refractivity (Wildman–Crippen MR) is 105 cm³/mol. The molecule has 1 fully saturated rings. The Balaban J connectivity index is 1.62. The van der Waals surface area contributed by atoms with Gasteiger partial charge in [0.2, 0.25) is 5.88 Å². The Labute approximate surface area is 160 Å². The minimum Gasteiger partial charge on any atom is -0.473 e. The molecule has 2 bridgehead atoms. The van der Waals surface area contributed by atoms with Crippen LogP contribution in [0.1, 0.15) is 55.4 Å². The van der Waals surface area contributed by atoms with Crippen LogP contribution >= 0.6 is 0 Å². The number of carbonyl (C=O) groups is 1. The van der Waals surface area contributed by atoms with Crippen molar-refractivity contribution < 1.29 is 9.53 Å². The van der Waals surface area contributed by atoms with E-state index in [0.29, 0.717) is 30.5 Å². The van der Waals surface area contributed by atoms with Crippen molar-refractivity contribution in [2.75, 3.05) is 19.7 Å². The lowest BCUT2D eigenvalue weighted by Crippen LogP contribution is -2.29. The average molecular weight is 368 g/mol. The van der Waals surface area contributed by atoms with Gasteiger partial charge in [-0.25, -0.2) is 4.68 Å². The standard InChI is InChI=1S/C21H28N4O2/c26-18(15-16-9-11-22-12-10-16)20-17-7-8-19-23-21(17)25(24-20)13-5-3-1-2-4-6-14-27-19/h4,6-8,16,22H,1-3,5,9-15H2/b6-4+. The molecule has 2 aliphatic heterocycles. The van der Waals surface area contributed by atoms with E-state index in [4.69, 9.17) is 4.74 Å². The molecule has 0 unspecified atom stereocenters. The quantitative estimate of drug-likeness (QED) is 0.663. The number of pyridine rings is 1. The first kappa shape index (κ1) is 18.2. The van der Waals surface area contributed by atoms with Crippen LogP contribution in [0.4, 0.5) is 0 Å². The van der Waals surface area contributed by atoms with Crippen LogP contribution in [0.25, 0.3) is 11.0 Å². The van der Waals surface area contributed by atoms with Gasteiger partial charge in [-0.15, -0.1) is 0 Å². The summed E-state index contributed by atoms with van der Waals surface area (Å²) in [6.07, 6.45) is 11.3. The monoisotopic (exact) mass is 368 g/mol.